The van der Waals surface area contributed by atoms with Gasteiger partial charge in [0.15, 0.2) is 0 Å². The molecule has 1 aromatic heterocycles. The maximum atomic E-state index is 11.7. The van der Waals surface area contributed by atoms with Crippen molar-refractivity contribution >= 4 is 17.6 Å². The standard InChI is InChI=1S/C12H11N3O4/c16-10-2-1-7(5-9(10)12(18)19)14-11(17)6-8-3-4-13-15-8/h1-5,16H,6H2,(H,13,15)(H,14,17)(H,18,19). The average molecular weight is 261 g/mol. The first-order chi connectivity index (χ1) is 9.06. The lowest BCUT2D eigenvalue weighted by molar-refractivity contribution is -0.115. The molecule has 0 saturated carbocycles. The fourth-order valence-corrected chi connectivity index (χ4v) is 1.55. The second kappa shape index (κ2) is 5.21. The zero-order valence-electron chi connectivity index (χ0n) is 9.75. The van der Waals surface area contributed by atoms with E-state index in [1.807, 2.05) is 0 Å². The molecule has 2 rings (SSSR count). The Morgan fingerprint density at radius 3 is 2.74 bits per heavy atom. The van der Waals surface area contributed by atoms with Crippen LogP contribution >= 0.6 is 0 Å². The number of aromatic hydroxyl groups is 1. The number of carboxylic acids is 1. The van der Waals surface area contributed by atoms with Crippen molar-refractivity contribution in [2.45, 2.75) is 6.42 Å². The van der Waals surface area contributed by atoms with E-state index in [1.165, 1.54) is 24.4 Å². The summed E-state index contributed by atoms with van der Waals surface area (Å²) in [4.78, 5) is 22.5. The predicted molar refractivity (Wildman–Crippen MR) is 66.0 cm³/mol. The zero-order chi connectivity index (χ0) is 13.8. The van der Waals surface area contributed by atoms with E-state index in [0.29, 0.717) is 11.4 Å². The lowest BCUT2D eigenvalue weighted by Crippen LogP contribution is -2.15. The Morgan fingerprint density at radius 1 is 1.32 bits per heavy atom. The van der Waals surface area contributed by atoms with Gasteiger partial charge in [0.05, 0.1) is 6.42 Å². The van der Waals surface area contributed by atoms with Crippen LogP contribution in [-0.2, 0) is 11.2 Å². The van der Waals surface area contributed by atoms with Gasteiger partial charge in [-0.15, -0.1) is 0 Å². The summed E-state index contributed by atoms with van der Waals surface area (Å²) in [5, 5.41) is 27.1. The minimum atomic E-state index is -1.26. The summed E-state index contributed by atoms with van der Waals surface area (Å²) in [6.07, 6.45) is 1.63. The highest BCUT2D eigenvalue weighted by Gasteiger charge is 2.12. The molecule has 0 atom stereocenters. The third kappa shape index (κ3) is 3.09. The summed E-state index contributed by atoms with van der Waals surface area (Å²) in [5.74, 6) is -1.92. The summed E-state index contributed by atoms with van der Waals surface area (Å²) >= 11 is 0. The molecule has 1 amide bonds. The van der Waals surface area contributed by atoms with Gasteiger partial charge < -0.3 is 15.5 Å². The number of nitrogens with one attached hydrogen (secondary N) is 2. The number of aromatic carboxylic acids is 1. The second-order valence-corrected chi connectivity index (χ2v) is 3.84. The summed E-state index contributed by atoms with van der Waals surface area (Å²) in [6, 6.07) is 5.50. The number of nitrogens with zero attached hydrogens (tertiary/aromatic N) is 1. The van der Waals surface area contributed by atoms with Crippen LogP contribution in [0.3, 0.4) is 0 Å². The van der Waals surface area contributed by atoms with E-state index in [0.717, 1.165) is 0 Å². The van der Waals surface area contributed by atoms with Crippen LogP contribution in [0, 0.1) is 0 Å². The molecule has 0 aliphatic carbocycles. The van der Waals surface area contributed by atoms with Crippen molar-refractivity contribution in [1.29, 1.82) is 0 Å². The van der Waals surface area contributed by atoms with E-state index >= 15 is 0 Å². The van der Waals surface area contributed by atoms with Crippen LogP contribution in [0.4, 0.5) is 5.69 Å². The van der Waals surface area contributed by atoms with Gasteiger partial charge >= 0.3 is 5.97 Å². The molecule has 1 aromatic carbocycles. The smallest absolute Gasteiger partial charge is 0.339 e. The van der Waals surface area contributed by atoms with Crippen molar-refractivity contribution in [3.05, 3.63) is 41.7 Å². The first-order valence-corrected chi connectivity index (χ1v) is 5.40. The number of anilines is 1. The van der Waals surface area contributed by atoms with Crippen LogP contribution in [0.1, 0.15) is 16.1 Å². The zero-order valence-corrected chi connectivity index (χ0v) is 9.75. The lowest BCUT2D eigenvalue weighted by atomic mass is 10.1. The van der Waals surface area contributed by atoms with E-state index in [2.05, 4.69) is 15.5 Å². The summed E-state index contributed by atoms with van der Waals surface area (Å²) < 4.78 is 0. The highest BCUT2D eigenvalue weighted by Crippen LogP contribution is 2.21. The van der Waals surface area contributed by atoms with Crippen molar-refractivity contribution in [3.63, 3.8) is 0 Å². The fraction of sp³-hybridized carbons (Fsp3) is 0.0833. The van der Waals surface area contributed by atoms with Gasteiger partial charge in [-0.05, 0) is 24.3 Å². The van der Waals surface area contributed by atoms with Gasteiger partial charge in [0.1, 0.15) is 11.3 Å². The Hall–Kier alpha value is -2.83. The normalized spacial score (nSPS) is 10.1. The Kier molecular flexibility index (Phi) is 3.46. The molecule has 0 fully saturated rings. The maximum Gasteiger partial charge on any atom is 0.339 e. The van der Waals surface area contributed by atoms with Crippen molar-refractivity contribution < 1.29 is 19.8 Å². The van der Waals surface area contributed by atoms with E-state index in [9.17, 15) is 14.7 Å². The highest BCUT2D eigenvalue weighted by molar-refractivity contribution is 5.96. The molecule has 0 spiro atoms. The van der Waals surface area contributed by atoms with Crippen LogP contribution in [0.2, 0.25) is 0 Å². The van der Waals surface area contributed by atoms with Crippen molar-refractivity contribution in [3.8, 4) is 5.75 Å². The van der Waals surface area contributed by atoms with Gasteiger partial charge in [0.25, 0.3) is 0 Å². The number of aromatic nitrogens is 2. The van der Waals surface area contributed by atoms with E-state index in [4.69, 9.17) is 5.11 Å². The first-order valence-electron chi connectivity index (χ1n) is 5.40. The maximum absolute atomic E-state index is 11.7. The SMILES string of the molecule is O=C(Cc1ccn[nH]1)Nc1ccc(O)c(C(=O)O)c1. The molecular formula is C12H11N3O4. The van der Waals surface area contributed by atoms with E-state index < -0.39 is 5.97 Å². The van der Waals surface area contributed by atoms with Crippen LogP contribution < -0.4 is 5.32 Å². The number of hydrogen-bond donors (Lipinski definition) is 4. The second-order valence-electron chi connectivity index (χ2n) is 3.84. The van der Waals surface area contributed by atoms with Crippen LogP contribution in [-0.4, -0.2) is 32.3 Å². The number of phenols is 1. The molecule has 0 bridgehead atoms. The minimum absolute atomic E-state index is 0.100. The Bertz CT molecular complexity index is 607. The predicted octanol–water partition coefficient (Wildman–Crippen LogP) is 0.995. The van der Waals surface area contributed by atoms with E-state index in [-0.39, 0.29) is 23.6 Å². The van der Waals surface area contributed by atoms with Crippen molar-refractivity contribution in [2.24, 2.45) is 0 Å². The number of hydrogen-bond acceptors (Lipinski definition) is 4. The molecule has 7 nitrogen and oxygen atoms in total. The minimum Gasteiger partial charge on any atom is -0.507 e. The van der Waals surface area contributed by atoms with Gasteiger partial charge in [0, 0.05) is 17.6 Å². The molecule has 0 aliphatic heterocycles. The number of carbonyl (C=O) groups excluding carboxylic acids is 1. The van der Waals surface area contributed by atoms with Crippen LogP contribution in [0.25, 0.3) is 0 Å². The Balaban J connectivity index is 2.09. The number of carbonyl (C=O) groups is 2. The molecule has 7 heteroatoms. The molecule has 98 valence electrons. The van der Waals surface area contributed by atoms with Crippen molar-refractivity contribution in [2.75, 3.05) is 5.32 Å². The molecular weight excluding hydrogens is 250 g/mol. The lowest BCUT2D eigenvalue weighted by Gasteiger charge is -2.06. The Labute approximate surface area is 107 Å². The average Bonchev–Trinajstić information content (AvgIpc) is 2.84. The molecule has 2 aromatic rings. The molecule has 1 heterocycles. The van der Waals surface area contributed by atoms with Gasteiger partial charge in [0.2, 0.25) is 5.91 Å². The quantitative estimate of drug-likeness (QED) is 0.613. The number of H-pyrrole nitrogens is 1. The summed E-state index contributed by atoms with van der Waals surface area (Å²) in [5.41, 5.74) is 0.689. The van der Waals surface area contributed by atoms with Gasteiger partial charge in [-0.3, -0.25) is 9.89 Å². The molecule has 0 aliphatic rings. The number of aromatic amines is 1. The molecule has 0 unspecified atom stereocenters. The van der Waals surface area contributed by atoms with Gasteiger partial charge in [-0.25, -0.2) is 4.79 Å². The third-order valence-electron chi connectivity index (χ3n) is 2.42. The molecule has 0 saturated heterocycles. The molecule has 0 radical (unpaired) electrons. The monoisotopic (exact) mass is 261 g/mol. The third-order valence-corrected chi connectivity index (χ3v) is 2.42. The number of carboxylic acid groups (broad SMARTS) is 1. The number of amides is 1. The topological polar surface area (TPSA) is 115 Å². The van der Waals surface area contributed by atoms with Gasteiger partial charge in [-0.2, -0.15) is 5.10 Å². The van der Waals surface area contributed by atoms with Gasteiger partial charge in [-0.1, -0.05) is 0 Å². The molecule has 19 heavy (non-hydrogen) atoms. The van der Waals surface area contributed by atoms with Crippen LogP contribution in [0.15, 0.2) is 30.5 Å². The van der Waals surface area contributed by atoms with Crippen molar-refractivity contribution in [1.82, 2.24) is 10.2 Å². The molecule has 4 N–H and O–H groups in total. The summed E-state index contributed by atoms with van der Waals surface area (Å²) in [7, 11) is 0. The van der Waals surface area contributed by atoms with E-state index in [1.54, 1.807) is 6.07 Å². The Morgan fingerprint density at radius 2 is 2.11 bits per heavy atom. The fourth-order valence-electron chi connectivity index (χ4n) is 1.55. The van der Waals surface area contributed by atoms with Crippen LogP contribution in [0.5, 0.6) is 5.75 Å². The highest BCUT2D eigenvalue weighted by atomic mass is 16.4. The first kappa shape index (κ1) is 12.6. The number of rotatable bonds is 4. The number of benzene rings is 1. The largest absolute Gasteiger partial charge is 0.507 e. The summed E-state index contributed by atoms with van der Waals surface area (Å²) in [6.45, 7) is 0.